The molecule has 0 aliphatic carbocycles. The fourth-order valence-corrected chi connectivity index (χ4v) is 6.91. The summed E-state index contributed by atoms with van der Waals surface area (Å²) >= 11 is 0. The van der Waals surface area contributed by atoms with E-state index in [1.165, 1.54) is 16.8 Å². The molecule has 1 fully saturated rings. The number of carbonyl (C=O) groups is 6. The van der Waals surface area contributed by atoms with Crippen LogP contribution in [0.15, 0.2) is 109 Å². The maximum atomic E-state index is 14.2. The third kappa shape index (κ3) is 11.5. The van der Waals surface area contributed by atoms with Crippen molar-refractivity contribution >= 4 is 35.4 Å². The first-order chi connectivity index (χ1) is 27.6. The van der Waals surface area contributed by atoms with Gasteiger partial charge in [0.2, 0.25) is 29.5 Å². The standard InChI is InChI=1S/C44H48N6O7/c1-48-28-39(51)46-35(23-31-12-4-2-5-13-31)30-57-38-19-9-8-18-36(38)43(55)47-37(24-41(53)50(29-42(48)54)26-32-14-6-3-7-15-32)44(56)45-25-33-16-10-17-34(22-33)27-49-21-11-20-40(49)52/h2-10,12-19,22,35,37H,11,20-21,23-30H2,1H3,(H,45,56)(H,46,51)(H,47,55)/t35-,37+/m1/s1. The molecule has 13 heteroatoms. The van der Waals surface area contributed by atoms with E-state index in [4.69, 9.17) is 4.74 Å². The van der Waals surface area contributed by atoms with Crippen LogP contribution in [-0.4, -0.2) is 95.5 Å². The molecular weight excluding hydrogens is 725 g/mol. The van der Waals surface area contributed by atoms with Crippen LogP contribution in [0.5, 0.6) is 5.75 Å². The highest BCUT2D eigenvalue weighted by Crippen LogP contribution is 2.20. The Kier molecular flexibility index (Phi) is 13.7. The quantitative estimate of drug-likeness (QED) is 0.236. The van der Waals surface area contributed by atoms with Crippen LogP contribution in [0.3, 0.4) is 0 Å². The van der Waals surface area contributed by atoms with Gasteiger partial charge in [-0.15, -0.1) is 0 Å². The molecule has 2 aliphatic heterocycles. The Hall–Kier alpha value is -6.50. The topological polar surface area (TPSA) is 157 Å². The first kappa shape index (κ1) is 40.2. The lowest BCUT2D eigenvalue weighted by atomic mass is 10.1. The molecule has 2 atom stereocenters. The van der Waals surface area contributed by atoms with Crippen LogP contribution < -0.4 is 20.7 Å². The second-order valence-electron chi connectivity index (χ2n) is 14.4. The molecule has 57 heavy (non-hydrogen) atoms. The van der Waals surface area contributed by atoms with E-state index >= 15 is 0 Å². The van der Waals surface area contributed by atoms with E-state index in [1.807, 2.05) is 89.8 Å². The van der Waals surface area contributed by atoms with Gasteiger partial charge in [0.15, 0.2) is 0 Å². The summed E-state index contributed by atoms with van der Waals surface area (Å²) in [4.78, 5) is 85.8. The average Bonchev–Trinajstić information content (AvgIpc) is 3.62. The van der Waals surface area contributed by atoms with Crippen molar-refractivity contribution in [2.24, 2.45) is 0 Å². The van der Waals surface area contributed by atoms with Crippen LogP contribution in [-0.2, 0) is 50.0 Å². The summed E-state index contributed by atoms with van der Waals surface area (Å²) in [6.45, 7) is 0.687. The molecule has 0 aromatic heterocycles. The van der Waals surface area contributed by atoms with E-state index < -0.39 is 48.0 Å². The van der Waals surface area contributed by atoms with E-state index in [-0.39, 0.29) is 50.0 Å². The summed E-state index contributed by atoms with van der Waals surface area (Å²) in [6, 6.07) is 30.9. The zero-order valence-electron chi connectivity index (χ0n) is 32.0. The highest BCUT2D eigenvalue weighted by Gasteiger charge is 2.30. The van der Waals surface area contributed by atoms with Gasteiger partial charge in [0.25, 0.3) is 5.91 Å². The Bertz CT molecular complexity index is 2060. The van der Waals surface area contributed by atoms with Gasteiger partial charge in [-0.3, -0.25) is 28.8 Å². The summed E-state index contributed by atoms with van der Waals surface area (Å²) in [5, 5.41) is 8.63. The van der Waals surface area contributed by atoms with Crippen molar-refractivity contribution in [1.29, 1.82) is 0 Å². The van der Waals surface area contributed by atoms with Gasteiger partial charge in [0.1, 0.15) is 24.9 Å². The van der Waals surface area contributed by atoms with Crippen LogP contribution in [0.25, 0.3) is 0 Å². The predicted molar refractivity (Wildman–Crippen MR) is 212 cm³/mol. The minimum Gasteiger partial charge on any atom is -0.491 e. The summed E-state index contributed by atoms with van der Waals surface area (Å²) in [5.41, 5.74) is 3.54. The van der Waals surface area contributed by atoms with Crippen LogP contribution >= 0.6 is 0 Å². The minimum absolute atomic E-state index is 0.000820. The Morgan fingerprint density at radius 1 is 0.719 bits per heavy atom. The molecule has 0 radical (unpaired) electrons. The molecule has 4 aromatic carbocycles. The summed E-state index contributed by atoms with van der Waals surface area (Å²) < 4.78 is 6.18. The number of rotatable bonds is 9. The highest BCUT2D eigenvalue weighted by atomic mass is 16.5. The average molecular weight is 773 g/mol. The number of para-hydroxylation sites is 1. The number of fused-ring (bicyclic) bond motifs is 1. The van der Waals surface area contributed by atoms with E-state index in [0.29, 0.717) is 25.9 Å². The van der Waals surface area contributed by atoms with E-state index in [9.17, 15) is 28.8 Å². The fourth-order valence-electron chi connectivity index (χ4n) is 6.91. The molecule has 4 aromatic rings. The van der Waals surface area contributed by atoms with Crippen molar-refractivity contribution in [3.8, 4) is 5.75 Å². The van der Waals surface area contributed by atoms with E-state index in [1.54, 1.807) is 24.3 Å². The van der Waals surface area contributed by atoms with Gasteiger partial charge in [-0.05, 0) is 47.2 Å². The van der Waals surface area contributed by atoms with E-state index in [2.05, 4.69) is 16.0 Å². The van der Waals surface area contributed by atoms with Crippen molar-refractivity contribution in [2.75, 3.05) is 33.3 Å². The number of nitrogens with zero attached hydrogens (tertiary/aromatic N) is 3. The number of benzene rings is 4. The van der Waals surface area contributed by atoms with Crippen molar-refractivity contribution < 1.29 is 33.5 Å². The van der Waals surface area contributed by atoms with Crippen LogP contribution in [0, 0.1) is 0 Å². The van der Waals surface area contributed by atoms with Gasteiger partial charge in [-0.2, -0.15) is 0 Å². The second-order valence-corrected chi connectivity index (χ2v) is 14.4. The Morgan fingerprint density at radius 3 is 2.12 bits per heavy atom. The molecule has 13 nitrogen and oxygen atoms in total. The van der Waals surface area contributed by atoms with Crippen molar-refractivity contribution in [3.05, 3.63) is 137 Å². The maximum Gasteiger partial charge on any atom is 0.255 e. The number of hydrogen-bond acceptors (Lipinski definition) is 7. The molecule has 3 N–H and O–H groups in total. The number of ether oxygens (including phenoxy) is 1. The maximum absolute atomic E-state index is 14.2. The fraction of sp³-hybridized carbons (Fsp3) is 0.318. The highest BCUT2D eigenvalue weighted by molar-refractivity contribution is 6.01. The first-order valence-corrected chi connectivity index (χ1v) is 19.2. The summed E-state index contributed by atoms with van der Waals surface area (Å²) in [7, 11) is 1.49. The van der Waals surface area contributed by atoms with Crippen LogP contribution in [0.2, 0.25) is 0 Å². The van der Waals surface area contributed by atoms with Crippen LogP contribution in [0.1, 0.15) is 51.9 Å². The van der Waals surface area contributed by atoms with Gasteiger partial charge in [0.05, 0.1) is 24.6 Å². The molecule has 0 spiro atoms. The molecule has 0 bridgehead atoms. The molecule has 296 valence electrons. The minimum atomic E-state index is -1.33. The van der Waals surface area contributed by atoms with E-state index in [0.717, 1.165) is 28.7 Å². The molecule has 6 rings (SSSR count). The first-order valence-electron chi connectivity index (χ1n) is 19.2. The van der Waals surface area contributed by atoms with Crippen molar-refractivity contribution in [1.82, 2.24) is 30.7 Å². The number of hydrogen-bond donors (Lipinski definition) is 3. The largest absolute Gasteiger partial charge is 0.491 e. The normalized spacial score (nSPS) is 18.6. The molecule has 0 unspecified atom stereocenters. The zero-order valence-corrected chi connectivity index (χ0v) is 32.0. The summed E-state index contributed by atoms with van der Waals surface area (Å²) in [6.07, 6.45) is 1.33. The number of carbonyl (C=O) groups excluding carboxylic acids is 6. The van der Waals surface area contributed by atoms with Crippen molar-refractivity contribution in [2.45, 2.75) is 57.4 Å². The Balaban J connectivity index is 1.27. The lowest BCUT2D eigenvalue weighted by Crippen LogP contribution is -2.50. The van der Waals surface area contributed by atoms with Gasteiger partial charge < -0.3 is 35.4 Å². The third-order valence-corrected chi connectivity index (χ3v) is 9.97. The van der Waals surface area contributed by atoms with Gasteiger partial charge in [-0.1, -0.05) is 97.1 Å². The number of nitrogens with one attached hydrogen (secondary N) is 3. The Labute approximate surface area is 332 Å². The Morgan fingerprint density at radius 2 is 1.39 bits per heavy atom. The molecule has 6 amide bonds. The molecular formula is C44H48N6O7. The van der Waals surface area contributed by atoms with Gasteiger partial charge >= 0.3 is 0 Å². The molecule has 0 saturated carbocycles. The van der Waals surface area contributed by atoms with Gasteiger partial charge in [-0.25, -0.2) is 0 Å². The lowest BCUT2D eigenvalue weighted by molar-refractivity contribution is -0.142. The SMILES string of the molecule is CN1CC(=O)N[C@H](Cc2ccccc2)COc2ccccc2C(=O)N[C@H](C(=O)NCc2cccc(CN3CCCC3=O)c2)CC(=O)N(Cc2ccccc2)CC1=O. The third-order valence-electron chi connectivity index (χ3n) is 9.97. The molecule has 2 aliphatic rings. The second kappa shape index (κ2) is 19.4. The monoisotopic (exact) mass is 772 g/mol. The molecule has 2 heterocycles. The smallest absolute Gasteiger partial charge is 0.255 e. The molecule has 1 saturated heterocycles. The summed E-state index contributed by atoms with van der Waals surface area (Å²) in [5.74, 6) is -2.37. The zero-order chi connectivity index (χ0) is 40.1. The lowest BCUT2D eigenvalue weighted by Gasteiger charge is -2.27. The predicted octanol–water partition coefficient (Wildman–Crippen LogP) is 3.22. The van der Waals surface area contributed by atoms with Crippen molar-refractivity contribution in [3.63, 3.8) is 0 Å². The number of amides is 6. The number of likely N-dealkylation sites (tertiary alicyclic amines) is 1. The van der Waals surface area contributed by atoms with Crippen LogP contribution in [0.4, 0.5) is 0 Å². The number of likely N-dealkylation sites (N-methyl/N-ethyl adjacent to an activating group) is 1. The van der Waals surface area contributed by atoms with Gasteiger partial charge in [0, 0.05) is 39.6 Å².